The van der Waals surface area contributed by atoms with Crippen molar-refractivity contribution >= 4 is 11.2 Å². The van der Waals surface area contributed by atoms with E-state index < -0.39 is 0 Å². The number of hydrogen-bond acceptors (Lipinski definition) is 5. The van der Waals surface area contributed by atoms with E-state index >= 15 is 0 Å². The molecule has 0 aliphatic rings. The third-order valence-corrected chi connectivity index (χ3v) is 5.33. The summed E-state index contributed by atoms with van der Waals surface area (Å²) in [5.41, 5.74) is 8.41. The van der Waals surface area contributed by atoms with Crippen LogP contribution >= 0.6 is 0 Å². The third kappa shape index (κ3) is 3.14. The highest BCUT2D eigenvalue weighted by molar-refractivity contribution is 5.80. The van der Waals surface area contributed by atoms with E-state index in [1.54, 1.807) is 0 Å². The first-order valence-corrected chi connectivity index (χ1v) is 9.83. The summed E-state index contributed by atoms with van der Waals surface area (Å²) in [5.74, 6) is 1.56. The Balaban J connectivity index is 1.49. The molecule has 0 saturated heterocycles. The molecular formula is C23H21N7. The highest BCUT2D eigenvalue weighted by Crippen LogP contribution is 2.30. The van der Waals surface area contributed by atoms with Crippen LogP contribution in [0.5, 0.6) is 0 Å². The van der Waals surface area contributed by atoms with Gasteiger partial charge in [0.2, 0.25) is 5.82 Å². The van der Waals surface area contributed by atoms with E-state index in [9.17, 15) is 0 Å². The molecule has 0 aliphatic carbocycles. The van der Waals surface area contributed by atoms with Crippen LogP contribution in [0.2, 0.25) is 0 Å². The highest BCUT2D eigenvalue weighted by atomic mass is 15.5. The number of nitrogens with zero attached hydrogens (tertiary/aromatic N) is 6. The maximum absolute atomic E-state index is 4.74. The average Bonchev–Trinajstić information content (AvgIpc) is 3.38. The summed E-state index contributed by atoms with van der Waals surface area (Å²) >= 11 is 0. The molecule has 3 aromatic heterocycles. The second kappa shape index (κ2) is 7.18. The summed E-state index contributed by atoms with van der Waals surface area (Å²) in [4.78, 5) is 9.47. The van der Waals surface area contributed by atoms with E-state index in [4.69, 9.17) is 9.97 Å². The lowest BCUT2D eigenvalue weighted by molar-refractivity contribution is 0.776. The fourth-order valence-electron chi connectivity index (χ4n) is 3.88. The van der Waals surface area contributed by atoms with Gasteiger partial charge in [-0.3, -0.25) is 0 Å². The number of pyridine rings is 1. The van der Waals surface area contributed by atoms with Crippen LogP contribution in [0.1, 0.15) is 22.6 Å². The average molecular weight is 395 g/mol. The number of benzene rings is 2. The van der Waals surface area contributed by atoms with Crippen LogP contribution < -0.4 is 0 Å². The molecule has 2 aromatic carbocycles. The number of hydrogen-bond donors (Lipinski definition) is 1. The fraction of sp³-hybridized carbons (Fsp3) is 0.174. The Bertz CT molecular complexity index is 1330. The Labute approximate surface area is 173 Å². The van der Waals surface area contributed by atoms with Gasteiger partial charge in [0.15, 0.2) is 5.65 Å². The summed E-state index contributed by atoms with van der Waals surface area (Å²) < 4.78 is 2.18. The second-order valence-corrected chi connectivity index (χ2v) is 7.48. The number of H-pyrrole nitrogens is 1. The molecule has 5 rings (SSSR count). The van der Waals surface area contributed by atoms with Crippen LogP contribution in [-0.2, 0) is 6.54 Å². The zero-order chi connectivity index (χ0) is 20.7. The molecule has 0 radical (unpaired) electrons. The lowest BCUT2D eigenvalue weighted by atomic mass is 9.98. The fourth-order valence-corrected chi connectivity index (χ4v) is 3.88. The number of tetrazole rings is 1. The van der Waals surface area contributed by atoms with Crippen LogP contribution in [0.15, 0.2) is 54.6 Å². The third-order valence-electron chi connectivity index (χ3n) is 5.33. The standard InChI is InChI=1S/C23H21N7/c1-14-12-15(2)24-23-21(14)25-16(3)30(23)13-17-8-10-18(11-9-17)19-6-4-5-7-20(19)22-26-28-29-27-22/h4-12H,13H2,1-3H3,(H,26,27,28,29). The molecule has 1 N–H and O–H groups in total. The van der Waals surface area contributed by atoms with Gasteiger partial charge in [-0.2, -0.15) is 5.21 Å². The van der Waals surface area contributed by atoms with Crippen LogP contribution in [-0.4, -0.2) is 35.2 Å². The minimum Gasteiger partial charge on any atom is -0.308 e. The molecule has 0 atom stereocenters. The molecule has 0 fully saturated rings. The topological polar surface area (TPSA) is 85.2 Å². The Hall–Kier alpha value is -3.87. The molecule has 5 aromatic rings. The van der Waals surface area contributed by atoms with Gasteiger partial charge in [-0.25, -0.2) is 9.97 Å². The van der Waals surface area contributed by atoms with Crippen molar-refractivity contribution in [3.05, 3.63) is 77.2 Å². The van der Waals surface area contributed by atoms with Gasteiger partial charge in [-0.1, -0.05) is 48.5 Å². The Kier molecular flexibility index (Phi) is 4.35. The summed E-state index contributed by atoms with van der Waals surface area (Å²) in [6, 6.07) is 18.7. The van der Waals surface area contributed by atoms with Crippen LogP contribution in [0, 0.1) is 20.8 Å². The summed E-state index contributed by atoms with van der Waals surface area (Å²) in [5, 5.41) is 14.5. The molecule has 0 unspecified atom stereocenters. The Morgan fingerprint density at radius 1 is 0.900 bits per heavy atom. The number of aromatic amines is 1. The van der Waals surface area contributed by atoms with Gasteiger partial charge >= 0.3 is 0 Å². The number of aryl methyl sites for hydroxylation is 3. The molecule has 0 amide bonds. The van der Waals surface area contributed by atoms with Crippen molar-refractivity contribution in [2.45, 2.75) is 27.3 Å². The van der Waals surface area contributed by atoms with Gasteiger partial charge in [0, 0.05) is 11.3 Å². The predicted molar refractivity (Wildman–Crippen MR) is 116 cm³/mol. The van der Waals surface area contributed by atoms with Crippen molar-refractivity contribution in [2.24, 2.45) is 0 Å². The molecule has 0 aliphatic heterocycles. The van der Waals surface area contributed by atoms with E-state index in [0.29, 0.717) is 5.82 Å². The van der Waals surface area contributed by atoms with E-state index in [0.717, 1.165) is 51.5 Å². The molecule has 0 spiro atoms. The predicted octanol–water partition coefficient (Wildman–Crippen LogP) is 4.25. The largest absolute Gasteiger partial charge is 0.308 e. The van der Waals surface area contributed by atoms with Gasteiger partial charge in [-0.05, 0) is 54.3 Å². The van der Waals surface area contributed by atoms with Crippen molar-refractivity contribution in [2.75, 3.05) is 0 Å². The summed E-state index contributed by atoms with van der Waals surface area (Å²) in [6.07, 6.45) is 0. The maximum atomic E-state index is 4.74. The number of aromatic nitrogens is 7. The molecule has 7 nitrogen and oxygen atoms in total. The van der Waals surface area contributed by atoms with Gasteiger partial charge in [0.1, 0.15) is 11.3 Å². The molecule has 0 saturated carbocycles. The van der Waals surface area contributed by atoms with Gasteiger partial charge in [0.05, 0.1) is 6.54 Å². The maximum Gasteiger partial charge on any atom is 0.205 e. The van der Waals surface area contributed by atoms with Crippen molar-refractivity contribution < 1.29 is 0 Å². The zero-order valence-electron chi connectivity index (χ0n) is 17.1. The lowest BCUT2D eigenvalue weighted by Crippen LogP contribution is -2.03. The van der Waals surface area contributed by atoms with E-state index in [1.165, 1.54) is 5.56 Å². The first-order chi connectivity index (χ1) is 14.6. The van der Waals surface area contributed by atoms with E-state index in [2.05, 4.69) is 68.5 Å². The highest BCUT2D eigenvalue weighted by Gasteiger charge is 2.13. The molecule has 30 heavy (non-hydrogen) atoms. The van der Waals surface area contributed by atoms with Gasteiger partial charge in [0.25, 0.3) is 0 Å². The smallest absolute Gasteiger partial charge is 0.205 e. The second-order valence-electron chi connectivity index (χ2n) is 7.48. The molecule has 148 valence electrons. The van der Waals surface area contributed by atoms with Crippen molar-refractivity contribution in [3.63, 3.8) is 0 Å². The van der Waals surface area contributed by atoms with Gasteiger partial charge in [-0.15, -0.1) is 10.2 Å². The van der Waals surface area contributed by atoms with Crippen molar-refractivity contribution in [1.82, 2.24) is 35.2 Å². The minimum absolute atomic E-state index is 0.590. The van der Waals surface area contributed by atoms with Crippen LogP contribution in [0.4, 0.5) is 0 Å². The molecule has 3 heterocycles. The summed E-state index contributed by atoms with van der Waals surface area (Å²) in [7, 11) is 0. The molecule has 0 bridgehead atoms. The zero-order valence-corrected chi connectivity index (χ0v) is 17.1. The van der Waals surface area contributed by atoms with Crippen molar-refractivity contribution in [1.29, 1.82) is 0 Å². The van der Waals surface area contributed by atoms with Crippen molar-refractivity contribution in [3.8, 4) is 22.5 Å². The number of imidazole rings is 1. The normalized spacial score (nSPS) is 11.3. The minimum atomic E-state index is 0.590. The quantitative estimate of drug-likeness (QED) is 0.492. The number of fused-ring (bicyclic) bond motifs is 1. The molecular weight excluding hydrogens is 374 g/mol. The first kappa shape index (κ1) is 18.2. The van der Waals surface area contributed by atoms with Crippen LogP contribution in [0.25, 0.3) is 33.7 Å². The summed E-state index contributed by atoms with van der Waals surface area (Å²) in [6.45, 7) is 6.87. The monoisotopic (exact) mass is 395 g/mol. The van der Waals surface area contributed by atoms with E-state index in [1.807, 2.05) is 32.0 Å². The SMILES string of the molecule is Cc1cc(C)c2nc(C)n(Cc3ccc(-c4ccccc4-c4nn[nH]n4)cc3)c2n1. The Morgan fingerprint density at radius 3 is 2.40 bits per heavy atom. The van der Waals surface area contributed by atoms with Crippen LogP contribution in [0.3, 0.4) is 0 Å². The van der Waals surface area contributed by atoms with Gasteiger partial charge < -0.3 is 4.57 Å². The number of nitrogens with one attached hydrogen (secondary N) is 1. The molecule has 7 heteroatoms. The Morgan fingerprint density at radius 2 is 1.67 bits per heavy atom. The number of rotatable bonds is 4. The first-order valence-electron chi connectivity index (χ1n) is 9.83. The van der Waals surface area contributed by atoms with E-state index in [-0.39, 0.29) is 0 Å². The lowest BCUT2D eigenvalue weighted by Gasteiger charge is -2.10.